The zero-order chi connectivity index (χ0) is 13.5. The Bertz CT molecular complexity index is 773. The van der Waals surface area contributed by atoms with E-state index >= 15 is 0 Å². The summed E-state index contributed by atoms with van der Waals surface area (Å²) < 4.78 is 2.27. The maximum atomic E-state index is 4.54. The fourth-order valence-corrected chi connectivity index (χ4v) is 3.09. The number of aromatic nitrogens is 2. The topological polar surface area (TPSA) is 29.9 Å². The molecule has 20 heavy (non-hydrogen) atoms. The molecule has 1 atom stereocenters. The van der Waals surface area contributed by atoms with Crippen LogP contribution in [0, 0.1) is 6.92 Å². The highest BCUT2D eigenvalue weighted by Crippen LogP contribution is 2.31. The predicted molar refractivity (Wildman–Crippen MR) is 82.2 cm³/mol. The number of fused-ring (bicyclic) bond motifs is 2. The maximum absolute atomic E-state index is 4.54. The van der Waals surface area contributed by atoms with E-state index in [1.807, 2.05) is 6.92 Å². The van der Waals surface area contributed by atoms with Crippen molar-refractivity contribution in [2.45, 2.75) is 19.4 Å². The summed E-state index contributed by atoms with van der Waals surface area (Å²) in [5.74, 6) is 0.993. The second-order valence-electron chi connectivity index (χ2n) is 5.45. The molecule has 0 spiro atoms. The van der Waals surface area contributed by atoms with Crippen LogP contribution in [0.15, 0.2) is 48.7 Å². The van der Waals surface area contributed by atoms with Crippen LogP contribution < -0.4 is 5.32 Å². The first-order valence-electron chi connectivity index (χ1n) is 7.09. The average molecular weight is 263 g/mol. The number of imidazole rings is 1. The molecule has 0 saturated carbocycles. The molecule has 3 heteroatoms. The normalized spacial score (nSPS) is 17.8. The van der Waals surface area contributed by atoms with Gasteiger partial charge in [0.2, 0.25) is 5.95 Å². The van der Waals surface area contributed by atoms with E-state index in [-0.39, 0.29) is 0 Å². The van der Waals surface area contributed by atoms with Crippen molar-refractivity contribution in [2.75, 3.05) is 11.9 Å². The van der Waals surface area contributed by atoms with Crippen molar-refractivity contribution in [3.8, 4) is 0 Å². The lowest BCUT2D eigenvalue weighted by Gasteiger charge is -2.26. The minimum Gasteiger partial charge on any atom is -0.356 e. The molecular weight excluding hydrogens is 246 g/mol. The second kappa shape index (κ2) is 4.37. The number of hydrogen-bond donors (Lipinski definition) is 1. The molecule has 2 heterocycles. The first-order valence-corrected chi connectivity index (χ1v) is 7.09. The number of benzene rings is 2. The van der Waals surface area contributed by atoms with Crippen molar-refractivity contribution in [2.24, 2.45) is 0 Å². The van der Waals surface area contributed by atoms with Crippen molar-refractivity contribution in [3.05, 3.63) is 59.9 Å². The smallest absolute Gasteiger partial charge is 0.203 e. The minimum atomic E-state index is 0.386. The number of nitrogens with zero attached hydrogens (tertiary/aromatic N) is 2. The van der Waals surface area contributed by atoms with Gasteiger partial charge in [-0.3, -0.25) is 0 Å². The Kier molecular flexibility index (Phi) is 2.52. The molecule has 1 unspecified atom stereocenters. The average Bonchev–Trinajstić information content (AvgIpc) is 2.86. The highest BCUT2D eigenvalue weighted by molar-refractivity contribution is 5.83. The van der Waals surface area contributed by atoms with Gasteiger partial charge in [-0.05, 0) is 35.7 Å². The van der Waals surface area contributed by atoms with Crippen LogP contribution in [0.25, 0.3) is 10.8 Å². The van der Waals surface area contributed by atoms with Gasteiger partial charge in [-0.15, -0.1) is 0 Å². The Morgan fingerprint density at radius 1 is 1.15 bits per heavy atom. The predicted octanol–water partition coefficient (Wildman–Crippen LogP) is 3.75. The Morgan fingerprint density at radius 2 is 2.00 bits per heavy atom. The van der Waals surface area contributed by atoms with Crippen LogP contribution in [-0.4, -0.2) is 16.1 Å². The molecule has 0 aliphatic carbocycles. The summed E-state index contributed by atoms with van der Waals surface area (Å²) in [4.78, 5) is 4.54. The summed E-state index contributed by atoms with van der Waals surface area (Å²) in [6.07, 6.45) is 3.24. The summed E-state index contributed by atoms with van der Waals surface area (Å²) >= 11 is 0. The van der Waals surface area contributed by atoms with Crippen LogP contribution in [0.3, 0.4) is 0 Å². The van der Waals surface area contributed by atoms with Crippen LogP contribution >= 0.6 is 0 Å². The molecular formula is C17H17N3. The number of aryl methyl sites for hydroxylation is 1. The third-order valence-corrected chi connectivity index (χ3v) is 4.05. The van der Waals surface area contributed by atoms with Gasteiger partial charge in [-0.1, -0.05) is 36.4 Å². The summed E-state index contributed by atoms with van der Waals surface area (Å²) in [7, 11) is 0. The number of anilines is 1. The lowest BCUT2D eigenvalue weighted by molar-refractivity contribution is 0.531. The van der Waals surface area contributed by atoms with Crippen LogP contribution in [0.4, 0.5) is 5.95 Å². The lowest BCUT2D eigenvalue weighted by Crippen LogP contribution is -2.23. The molecule has 0 radical (unpaired) electrons. The van der Waals surface area contributed by atoms with Gasteiger partial charge in [0.25, 0.3) is 0 Å². The van der Waals surface area contributed by atoms with E-state index in [9.17, 15) is 0 Å². The van der Waals surface area contributed by atoms with E-state index in [2.05, 4.69) is 63.5 Å². The number of rotatable bonds is 1. The molecule has 0 amide bonds. The quantitative estimate of drug-likeness (QED) is 0.724. The molecule has 3 nitrogen and oxygen atoms in total. The zero-order valence-electron chi connectivity index (χ0n) is 11.5. The molecule has 0 fully saturated rings. The monoisotopic (exact) mass is 263 g/mol. The van der Waals surface area contributed by atoms with Crippen molar-refractivity contribution < 1.29 is 0 Å². The Morgan fingerprint density at radius 3 is 2.90 bits per heavy atom. The second-order valence-corrected chi connectivity index (χ2v) is 5.45. The van der Waals surface area contributed by atoms with Crippen LogP contribution in [0.1, 0.15) is 23.7 Å². The van der Waals surface area contributed by atoms with Crippen molar-refractivity contribution >= 4 is 16.7 Å². The van der Waals surface area contributed by atoms with E-state index in [0.717, 1.165) is 24.6 Å². The third-order valence-electron chi connectivity index (χ3n) is 4.05. The SMILES string of the molecule is Cc1cn2c(n1)NCCC2c1ccc2ccccc2c1. The fourth-order valence-electron chi connectivity index (χ4n) is 3.09. The highest BCUT2D eigenvalue weighted by atomic mass is 15.2. The van der Waals surface area contributed by atoms with Gasteiger partial charge < -0.3 is 9.88 Å². The summed E-state index contributed by atoms with van der Waals surface area (Å²) in [6.45, 7) is 3.03. The standard InChI is InChI=1S/C17H17N3/c1-12-11-20-16(8-9-18-17(20)19-12)15-7-6-13-4-2-3-5-14(13)10-15/h2-7,10-11,16H,8-9H2,1H3,(H,18,19). The van der Waals surface area contributed by atoms with E-state index in [1.165, 1.54) is 16.3 Å². The van der Waals surface area contributed by atoms with Gasteiger partial charge in [0, 0.05) is 12.7 Å². The van der Waals surface area contributed by atoms with Gasteiger partial charge in [0.1, 0.15) is 0 Å². The molecule has 1 aromatic heterocycles. The Balaban J connectivity index is 1.83. The lowest BCUT2D eigenvalue weighted by atomic mass is 9.99. The highest BCUT2D eigenvalue weighted by Gasteiger charge is 2.22. The molecule has 0 bridgehead atoms. The molecule has 1 aliphatic rings. The molecule has 3 aromatic rings. The number of hydrogen-bond acceptors (Lipinski definition) is 2. The first-order chi connectivity index (χ1) is 9.81. The van der Waals surface area contributed by atoms with E-state index in [4.69, 9.17) is 0 Å². The van der Waals surface area contributed by atoms with Gasteiger partial charge in [-0.2, -0.15) is 0 Å². The molecule has 1 aliphatic heterocycles. The van der Waals surface area contributed by atoms with Crippen molar-refractivity contribution in [3.63, 3.8) is 0 Å². The van der Waals surface area contributed by atoms with Crippen LogP contribution in [0.2, 0.25) is 0 Å². The van der Waals surface area contributed by atoms with E-state index in [0.29, 0.717) is 6.04 Å². The van der Waals surface area contributed by atoms with Crippen molar-refractivity contribution in [1.29, 1.82) is 0 Å². The minimum absolute atomic E-state index is 0.386. The molecule has 2 aromatic carbocycles. The van der Waals surface area contributed by atoms with Gasteiger partial charge in [-0.25, -0.2) is 4.98 Å². The number of nitrogens with one attached hydrogen (secondary N) is 1. The van der Waals surface area contributed by atoms with E-state index < -0.39 is 0 Å². The largest absolute Gasteiger partial charge is 0.356 e. The summed E-state index contributed by atoms with van der Waals surface area (Å²) in [6, 6.07) is 15.7. The zero-order valence-corrected chi connectivity index (χ0v) is 11.5. The van der Waals surface area contributed by atoms with Crippen LogP contribution in [-0.2, 0) is 0 Å². The van der Waals surface area contributed by atoms with Gasteiger partial charge >= 0.3 is 0 Å². The Hall–Kier alpha value is -2.29. The molecule has 1 N–H and O–H groups in total. The summed E-state index contributed by atoms with van der Waals surface area (Å²) in [5, 5.41) is 5.98. The molecule has 4 rings (SSSR count). The fraction of sp³-hybridized carbons (Fsp3) is 0.235. The Labute approximate surface area is 118 Å². The third kappa shape index (κ3) is 1.78. The van der Waals surface area contributed by atoms with Crippen molar-refractivity contribution in [1.82, 2.24) is 9.55 Å². The van der Waals surface area contributed by atoms with Crippen LogP contribution in [0.5, 0.6) is 0 Å². The van der Waals surface area contributed by atoms with Gasteiger partial charge in [0.15, 0.2) is 0 Å². The maximum Gasteiger partial charge on any atom is 0.203 e. The first kappa shape index (κ1) is 11.5. The molecule has 100 valence electrons. The summed E-state index contributed by atoms with van der Waals surface area (Å²) in [5.41, 5.74) is 2.43. The van der Waals surface area contributed by atoms with Gasteiger partial charge in [0.05, 0.1) is 11.7 Å². The molecule has 0 saturated heterocycles. The van der Waals surface area contributed by atoms with E-state index in [1.54, 1.807) is 0 Å².